The van der Waals surface area contributed by atoms with Crippen molar-refractivity contribution in [2.24, 2.45) is 0 Å². The molecule has 3 rings (SSSR count). The van der Waals surface area contributed by atoms with Gasteiger partial charge in [0.25, 0.3) is 11.6 Å². The first-order chi connectivity index (χ1) is 15.8. The SMILES string of the molecule is COc1ccc(/C=C(\C#N)C(=O)Nc2cccc([N+](=O)[O-])c2)c(Cc2cc(C)cc(C)c2)c1. The third-order valence-electron chi connectivity index (χ3n) is 5.01. The highest BCUT2D eigenvalue weighted by Gasteiger charge is 2.14. The highest BCUT2D eigenvalue weighted by molar-refractivity contribution is 6.09. The van der Waals surface area contributed by atoms with Crippen LogP contribution in [0, 0.1) is 35.3 Å². The number of rotatable bonds is 7. The van der Waals surface area contributed by atoms with Crippen molar-refractivity contribution in [3.63, 3.8) is 0 Å². The van der Waals surface area contributed by atoms with E-state index in [-0.39, 0.29) is 16.9 Å². The highest BCUT2D eigenvalue weighted by Crippen LogP contribution is 2.24. The summed E-state index contributed by atoms with van der Waals surface area (Å²) in [7, 11) is 1.58. The molecule has 33 heavy (non-hydrogen) atoms. The van der Waals surface area contributed by atoms with Crippen molar-refractivity contribution in [2.75, 3.05) is 12.4 Å². The van der Waals surface area contributed by atoms with E-state index in [4.69, 9.17) is 4.74 Å². The van der Waals surface area contributed by atoms with Gasteiger partial charge in [0.05, 0.1) is 12.0 Å². The zero-order valence-electron chi connectivity index (χ0n) is 18.6. The maximum Gasteiger partial charge on any atom is 0.271 e. The Labute approximate surface area is 192 Å². The molecule has 3 aromatic carbocycles. The number of methoxy groups -OCH3 is 1. The molecule has 166 valence electrons. The van der Waals surface area contributed by atoms with Crippen LogP contribution in [0.4, 0.5) is 11.4 Å². The molecule has 0 radical (unpaired) electrons. The molecule has 0 saturated heterocycles. The summed E-state index contributed by atoms with van der Waals surface area (Å²) in [5, 5.41) is 23.1. The number of nitrogens with zero attached hydrogens (tertiary/aromatic N) is 2. The van der Waals surface area contributed by atoms with E-state index < -0.39 is 10.8 Å². The van der Waals surface area contributed by atoms with Crippen LogP contribution in [0.1, 0.15) is 27.8 Å². The lowest BCUT2D eigenvalue weighted by atomic mass is 9.96. The highest BCUT2D eigenvalue weighted by atomic mass is 16.6. The second-order valence-electron chi connectivity index (χ2n) is 7.67. The number of nitriles is 1. The topological polar surface area (TPSA) is 105 Å². The molecule has 1 amide bonds. The largest absolute Gasteiger partial charge is 0.497 e. The van der Waals surface area contributed by atoms with Gasteiger partial charge < -0.3 is 10.1 Å². The molecule has 0 unspecified atom stereocenters. The molecule has 0 bridgehead atoms. The summed E-state index contributed by atoms with van der Waals surface area (Å²) in [6.07, 6.45) is 2.11. The molecule has 7 nitrogen and oxygen atoms in total. The van der Waals surface area contributed by atoms with Crippen LogP contribution in [0.25, 0.3) is 6.08 Å². The Bertz CT molecular complexity index is 1270. The van der Waals surface area contributed by atoms with Crippen LogP contribution in [0.3, 0.4) is 0 Å². The predicted octanol–water partition coefficient (Wildman–Crippen LogP) is 5.36. The molecule has 0 aliphatic carbocycles. The summed E-state index contributed by atoms with van der Waals surface area (Å²) < 4.78 is 5.36. The van der Waals surface area contributed by atoms with Gasteiger partial charge in [0.15, 0.2) is 0 Å². The molecule has 0 aliphatic heterocycles. The van der Waals surface area contributed by atoms with Crippen molar-refractivity contribution >= 4 is 23.4 Å². The van der Waals surface area contributed by atoms with Crippen molar-refractivity contribution in [2.45, 2.75) is 20.3 Å². The van der Waals surface area contributed by atoms with Crippen molar-refractivity contribution in [3.05, 3.63) is 104 Å². The monoisotopic (exact) mass is 441 g/mol. The second-order valence-corrected chi connectivity index (χ2v) is 7.67. The van der Waals surface area contributed by atoms with Crippen LogP contribution in [0.15, 0.2) is 66.2 Å². The zero-order valence-corrected chi connectivity index (χ0v) is 18.6. The first kappa shape index (κ1) is 23.2. The Morgan fingerprint density at radius 1 is 1.12 bits per heavy atom. The molecule has 7 heteroatoms. The first-order valence-electron chi connectivity index (χ1n) is 10.2. The quantitative estimate of drug-likeness (QED) is 0.230. The number of nitro groups is 1. The summed E-state index contributed by atoms with van der Waals surface area (Å²) >= 11 is 0. The van der Waals surface area contributed by atoms with Gasteiger partial charge in [0.2, 0.25) is 0 Å². The Morgan fingerprint density at radius 2 is 1.85 bits per heavy atom. The van der Waals surface area contributed by atoms with Gasteiger partial charge in [0.1, 0.15) is 17.4 Å². The minimum Gasteiger partial charge on any atom is -0.497 e. The van der Waals surface area contributed by atoms with Gasteiger partial charge in [-0.1, -0.05) is 41.5 Å². The third kappa shape index (κ3) is 6.05. The van der Waals surface area contributed by atoms with E-state index in [1.54, 1.807) is 19.2 Å². The molecule has 1 N–H and O–H groups in total. The Kier molecular flexibility index (Phi) is 7.21. The van der Waals surface area contributed by atoms with E-state index in [0.717, 1.165) is 22.3 Å². The molecular formula is C26H23N3O4. The number of amides is 1. The fourth-order valence-electron chi connectivity index (χ4n) is 3.59. The molecule has 0 heterocycles. The minimum atomic E-state index is -0.647. The third-order valence-corrected chi connectivity index (χ3v) is 5.01. The minimum absolute atomic E-state index is 0.117. The lowest BCUT2D eigenvalue weighted by Crippen LogP contribution is -2.13. The smallest absolute Gasteiger partial charge is 0.271 e. The first-order valence-corrected chi connectivity index (χ1v) is 10.2. The molecule has 0 aliphatic rings. The van der Waals surface area contributed by atoms with Crippen molar-refractivity contribution in [3.8, 4) is 11.8 Å². The molecule has 0 spiro atoms. The molecule has 0 saturated carbocycles. The Balaban J connectivity index is 1.94. The van der Waals surface area contributed by atoms with Crippen LogP contribution in [-0.4, -0.2) is 17.9 Å². The summed E-state index contributed by atoms with van der Waals surface area (Å²) in [6, 6.07) is 19.2. The van der Waals surface area contributed by atoms with Gasteiger partial charge in [-0.15, -0.1) is 0 Å². The Morgan fingerprint density at radius 3 is 2.48 bits per heavy atom. The number of hydrogen-bond donors (Lipinski definition) is 1. The normalized spacial score (nSPS) is 10.9. The van der Waals surface area contributed by atoms with Gasteiger partial charge >= 0.3 is 0 Å². The van der Waals surface area contributed by atoms with Crippen molar-refractivity contribution in [1.29, 1.82) is 5.26 Å². The van der Waals surface area contributed by atoms with Gasteiger partial charge in [0, 0.05) is 17.8 Å². The number of anilines is 1. The average Bonchev–Trinajstić information content (AvgIpc) is 2.77. The molecule has 0 fully saturated rings. The van der Waals surface area contributed by atoms with Gasteiger partial charge in [-0.05, 0) is 61.2 Å². The van der Waals surface area contributed by atoms with Crippen LogP contribution in [-0.2, 0) is 11.2 Å². The predicted molar refractivity (Wildman–Crippen MR) is 127 cm³/mol. The number of nitro benzene ring substituents is 1. The summed E-state index contributed by atoms with van der Waals surface area (Å²) in [6.45, 7) is 4.07. The number of hydrogen-bond acceptors (Lipinski definition) is 5. The number of aryl methyl sites for hydroxylation is 2. The summed E-state index contributed by atoms with van der Waals surface area (Å²) in [4.78, 5) is 23.1. The number of carbonyl (C=O) groups excluding carboxylic acids is 1. The molecule has 0 atom stereocenters. The molecule has 3 aromatic rings. The van der Waals surface area contributed by atoms with Crippen molar-refractivity contribution < 1.29 is 14.5 Å². The van der Waals surface area contributed by atoms with Crippen LogP contribution in [0.2, 0.25) is 0 Å². The zero-order chi connectivity index (χ0) is 24.0. The van der Waals surface area contributed by atoms with Gasteiger partial charge in [-0.3, -0.25) is 14.9 Å². The van der Waals surface area contributed by atoms with Crippen LogP contribution < -0.4 is 10.1 Å². The number of carbonyl (C=O) groups is 1. The number of ether oxygens (including phenoxy) is 1. The van der Waals surface area contributed by atoms with E-state index in [9.17, 15) is 20.2 Å². The number of non-ortho nitro benzene ring substituents is 1. The second kappa shape index (κ2) is 10.2. The van der Waals surface area contributed by atoms with Crippen molar-refractivity contribution in [1.82, 2.24) is 0 Å². The molecular weight excluding hydrogens is 418 g/mol. The lowest BCUT2D eigenvalue weighted by Gasteiger charge is -2.11. The van der Waals surface area contributed by atoms with E-state index in [2.05, 4.69) is 23.5 Å². The Hall–Kier alpha value is -4.44. The lowest BCUT2D eigenvalue weighted by molar-refractivity contribution is -0.384. The average molecular weight is 441 g/mol. The molecule has 0 aromatic heterocycles. The van der Waals surface area contributed by atoms with Crippen LogP contribution >= 0.6 is 0 Å². The summed E-state index contributed by atoms with van der Waals surface area (Å²) in [5.41, 5.74) is 4.99. The van der Waals surface area contributed by atoms with E-state index in [0.29, 0.717) is 17.7 Å². The maximum atomic E-state index is 12.7. The fourth-order valence-corrected chi connectivity index (χ4v) is 3.59. The summed E-state index contributed by atoms with van der Waals surface area (Å²) in [5.74, 6) is 0.0252. The van der Waals surface area contributed by atoms with Gasteiger partial charge in [-0.2, -0.15) is 5.26 Å². The van der Waals surface area contributed by atoms with E-state index in [1.165, 1.54) is 30.3 Å². The van der Waals surface area contributed by atoms with Crippen LogP contribution in [0.5, 0.6) is 5.75 Å². The maximum absolute atomic E-state index is 12.7. The van der Waals surface area contributed by atoms with E-state index >= 15 is 0 Å². The number of nitrogens with one attached hydrogen (secondary N) is 1. The van der Waals surface area contributed by atoms with Gasteiger partial charge in [-0.25, -0.2) is 0 Å². The number of benzene rings is 3. The standard InChI is InChI=1S/C26H23N3O4/c1-17-9-18(2)11-19(10-17)12-21-14-25(33-3)8-7-20(21)13-22(16-27)26(30)28-23-5-4-6-24(15-23)29(31)32/h4-11,13-15H,12H2,1-3H3,(H,28,30)/b22-13+. The van der Waals surface area contributed by atoms with E-state index in [1.807, 2.05) is 26.0 Å². The fraction of sp³-hybridized carbons (Fsp3) is 0.154.